The quantitative estimate of drug-likeness (QED) is 0.611. The number of aryl methyl sites for hydroxylation is 1. The van der Waals surface area contributed by atoms with Crippen molar-refractivity contribution in [2.75, 3.05) is 13.2 Å². The Morgan fingerprint density at radius 1 is 1.30 bits per heavy atom. The van der Waals surface area contributed by atoms with Crippen molar-refractivity contribution in [3.05, 3.63) is 27.9 Å². The highest BCUT2D eigenvalue weighted by atomic mass is 32.2. The van der Waals surface area contributed by atoms with Crippen LogP contribution in [0.2, 0.25) is 0 Å². The van der Waals surface area contributed by atoms with E-state index in [1.165, 1.54) is 0 Å². The standard InChI is InChI=1S/C16H20N2O4S/c1-5-17-10(3)7-12(11(17)4)8-13-15(20)18(16(21)23-13)9-14(19)22-6-2/h7-8H,5-6,9H2,1-4H3/b13-8-. The summed E-state index contributed by atoms with van der Waals surface area (Å²) in [4.78, 5) is 37.0. The smallest absolute Gasteiger partial charge is 0.326 e. The zero-order valence-corrected chi connectivity index (χ0v) is 14.5. The van der Waals surface area contributed by atoms with Gasteiger partial charge < -0.3 is 9.30 Å². The number of carbonyl (C=O) groups is 3. The summed E-state index contributed by atoms with van der Waals surface area (Å²) >= 11 is 0.850. The first-order chi connectivity index (χ1) is 10.9. The van der Waals surface area contributed by atoms with Crippen molar-refractivity contribution < 1.29 is 19.1 Å². The van der Waals surface area contributed by atoms with Crippen LogP contribution in [0.15, 0.2) is 11.0 Å². The lowest BCUT2D eigenvalue weighted by atomic mass is 10.2. The second-order valence-corrected chi connectivity index (χ2v) is 6.14. The van der Waals surface area contributed by atoms with E-state index < -0.39 is 17.1 Å². The number of aromatic nitrogens is 1. The van der Waals surface area contributed by atoms with Gasteiger partial charge in [-0.2, -0.15) is 0 Å². The van der Waals surface area contributed by atoms with E-state index in [-0.39, 0.29) is 13.2 Å². The maximum atomic E-state index is 12.3. The molecule has 0 radical (unpaired) electrons. The predicted octanol–water partition coefficient (Wildman–Crippen LogP) is 2.72. The zero-order chi connectivity index (χ0) is 17.1. The average Bonchev–Trinajstić information content (AvgIpc) is 2.90. The molecule has 1 aromatic rings. The van der Waals surface area contributed by atoms with Gasteiger partial charge in [-0.25, -0.2) is 0 Å². The number of thioether (sulfide) groups is 1. The van der Waals surface area contributed by atoms with Crippen LogP contribution in [0.3, 0.4) is 0 Å². The molecule has 0 spiro atoms. The molecule has 0 bridgehead atoms. The third-order valence-electron chi connectivity index (χ3n) is 3.68. The maximum Gasteiger partial charge on any atom is 0.326 e. The van der Waals surface area contributed by atoms with Crippen LogP contribution in [-0.2, 0) is 20.9 Å². The van der Waals surface area contributed by atoms with Gasteiger partial charge in [-0.3, -0.25) is 19.3 Å². The SMILES string of the molecule is CCOC(=O)CN1C(=O)S/C(=C\c2cc(C)n(CC)c2C)C1=O. The van der Waals surface area contributed by atoms with Gasteiger partial charge in [0.2, 0.25) is 0 Å². The van der Waals surface area contributed by atoms with Crippen LogP contribution >= 0.6 is 11.8 Å². The molecule has 0 aliphatic carbocycles. The minimum Gasteiger partial charge on any atom is -0.465 e. The molecule has 2 amide bonds. The van der Waals surface area contributed by atoms with Crippen molar-refractivity contribution in [2.45, 2.75) is 34.2 Å². The summed E-state index contributed by atoms with van der Waals surface area (Å²) in [5.41, 5.74) is 3.05. The van der Waals surface area contributed by atoms with Gasteiger partial charge in [0, 0.05) is 17.9 Å². The molecular formula is C16H20N2O4S. The molecule has 0 saturated carbocycles. The van der Waals surface area contributed by atoms with Crippen molar-refractivity contribution >= 4 is 35.0 Å². The molecule has 6 nitrogen and oxygen atoms in total. The maximum absolute atomic E-state index is 12.3. The minimum absolute atomic E-state index is 0.216. The minimum atomic E-state index is -0.583. The fourth-order valence-electron chi connectivity index (χ4n) is 2.57. The number of carbonyl (C=O) groups excluding carboxylic acids is 3. The van der Waals surface area contributed by atoms with E-state index in [4.69, 9.17) is 4.74 Å². The second-order valence-electron chi connectivity index (χ2n) is 5.14. The van der Waals surface area contributed by atoms with Crippen LogP contribution in [-0.4, -0.2) is 39.7 Å². The topological polar surface area (TPSA) is 68.6 Å². The highest BCUT2D eigenvalue weighted by Gasteiger charge is 2.36. The highest BCUT2D eigenvalue weighted by Crippen LogP contribution is 2.33. The summed E-state index contributed by atoms with van der Waals surface area (Å²) in [5.74, 6) is -1.03. The molecular weight excluding hydrogens is 316 g/mol. The molecule has 0 aromatic carbocycles. The van der Waals surface area contributed by atoms with E-state index in [2.05, 4.69) is 11.5 Å². The summed E-state index contributed by atoms with van der Waals surface area (Å²) < 4.78 is 6.92. The Kier molecular flexibility index (Phi) is 5.30. The molecule has 1 aromatic heterocycles. The Balaban J connectivity index is 2.23. The summed E-state index contributed by atoms with van der Waals surface area (Å²) in [5, 5.41) is -0.446. The second kappa shape index (κ2) is 7.04. The summed E-state index contributed by atoms with van der Waals surface area (Å²) in [7, 11) is 0. The fourth-order valence-corrected chi connectivity index (χ4v) is 3.40. The number of hydrogen-bond donors (Lipinski definition) is 0. The first-order valence-electron chi connectivity index (χ1n) is 7.46. The number of imide groups is 1. The molecule has 0 N–H and O–H groups in total. The average molecular weight is 336 g/mol. The van der Waals surface area contributed by atoms with Crippen molar-refractivity contribution in [1.82, 2.24) is 9.47 Å². The van der Waals surface area contributed by atoms with E-state index in [1.807, 2.05) is 19.9 Å². The van der Waals surface area contributed by atoms with Gasteiger partial charge in [0.25, 0.3) is 11.1 Å². The van der Waals surface area contributed by atoms with E-state index in [0.717, 1.165) is 40.2 Å². The number of nitrogens with zero attached hydrogens (tertiary/aromatic N) is 2. The molecule has 1 aliphatic heterocycles. The van der Waals surface area contributed by atoms with Crippen molar-refractivity contribution in [3.8, 4) is 0 Å². The third-order valence-corrected chi connectivity index (χ3v) is 4.59. The van der Waals surface area contributed by atoms with Gasteiger partial charge in [0.05, 0.1) is 11.5 Å². The van der Waals surface area contributed by atoms with E-state index in [9.17, 15) is 14.4 Å². The van der Waals surface area contributed by atoms with Gasteiger partial charge >= 0.3 is 5.97 Å². The molecule has 1 aliphatic rings. The largest absolute Gasteiger partial charge is 0.465 e. The lowest BCUT2D eigenvalue weighted by Gasteiger charge is -2.10. The van der Waals surface area contributed by atoms with Gasteiger partial charge in [-0.15, -0.1) is 0 Å². The molecule has 7 heteroatoms. The Morgan fingerprint density at radius 2 is 2.00 bits per heavy atom. The number of esters is 1. The van der Waals surface area contributed by atoms with Gasteiger partial charge in [0.1, 0.15) is 6.54 Å². The van der Waals surface area contributed by atoms with Crippen molar-refractivity contribution in [2.24, 2.45) is 0 Å². The summed E-state index contributed by atoms with van der Waals surface area (Å²) in [6.07, 6.45) is 1.71. The summed E-state index contributed by atoms with van der Waals surface area (Å²) in [6.45, 7) is 8.42. The Labute approximate surface area is 139 Å². The monoisotopic (exact) mass is 336 g/mol. The normalized spacial score (nSPS) is 16.5. The van der Waals surface area contributed by atoms with Crippen molar-refractivity contribution in [1.29, 1.82) is 0 Å². The molecule has 1 fully saturated rings. The van der Waals surface area contributed by atoms with Crippen LogP contribution in [0.4, 0.5) is 4.79 Å². The lowest BCUT2D eigenvalue weighted by Crippen LogP contribution is -2.34. The summed E-state index contributed by atoms with van der Waals surface area (Å²) in [6, 6.07) is 1.98. The number of amides is 2. The number of hydrogen-bond acceptors (Lipinski definition) is 5. The molecule has 124 valence electrons. The molecule has 1 saturated heterocycles. The van der Waals surface area contributed by atoms with Crippen LogP contribution in [0.25, 0.3) is 6.08 Å². The first kappa shape index (κ1) is 17.3. The third kappa shape index (κ3) is 3.50. The van der Waals surface area contributed by atoms with Crippen LogP contribution < -0.4 is 0 Å². The fraction of sp³-hybridized carbons (Fsp3) is 0.438. The first-order valence-corrected chi connectivity index (χ1v) is 8.28. The van der Waals surface area contributed by atoms with E-state index >= 15 is 0 Å². The Morgan fingerprint density at radius 3 is 2.57 bits per heavy atom. The Bertz CT molecular complexity index is 690. The van der Waals surface area contributed by atoms with Crippen LogP contribution in [0, 0.1) is 13.8 Å². The highest BCUT2D eigenvalue weighted by molar-refractivity contribution is 8.18. The van der Waals surface area contributed by atoms with Gasteiger partial charge in [0.15, 0.2) is 0 Å². The zero-order valence-electron chi connectivity index (χ0n) is 13.7. The lowest BCUT2D eigenvalue weighted by molar-refractivity contribution is -0.145. The van der Waals surface area contributed by atoms with Gasteiger partial charge in [-0.05, 0) is 57.2 Å². The predicted molar refractivity (Wildman–Crippen MR) is 88.9 cm³/mol. The van der Waals surface area contributed by atoms with Crippen molar-refractivity contribution in [3.63, 3.8) is 0 Å². The van der Waals surface area contributed by atoms with Gasteiger partial charge in [-0.1, -0.05) is 0 Å². The van der Waals surface area contributed by atoms with Crippen LogP contribution in [0.1, 0.15) is 30.8 Å². The molecule has 0 atom stereocenters. The number of ether oxygens (including phenoxy) is 1. The molecule has 2 rings (SSSR count). The van der Waals surface area contributed by atoms with E-state index in [1.54, 1.807) is 13.0 Å². The molecule has 23 heavy (non-hydrogen) atoms. The van der Waals surface area contributed by atoms with Crippen LogP contribution in [0.5, 0.6) is 0 Å². The molecule has 2 heterocycles. The number of rotatable bonds is 5. The Hall–Kier alpha value is -2.02. The molecule has 0 unspecified atom stereocenters. The van der Waals surface area contributed by atoms with E-state index in [0.29, 0.717) is 4.91 Å².